The molecule has 1 heterocycles. The first-order valence-corrected chi connectivity index (χ1v) is 3.11. The first-order chi connectivity index (χ1) is 5.24. The van der Waals surface area contributed by atoms with Crippen molar-refractivity contribution in [3.05, 3.63) is 29.6 Å². The van der Waals surface area contributed by atoms with Crippen LogP contribution in [0.1, 0.15) is 23.0 Å². The highest BCUT2D eigenvalue weighted by molar-refractivity contribution is 5.92. The van der Waals surface area contributed by atoms with Crippen LogP contribution in [0.2, 0.25) is 0 Å². The second-order valence-corrected chi connectivity index (χ2v) is 2.10. The van der Waals surface area contributed by atoms with E-state index in [1.807, 2.05) is 6.07 Å². The summed E-state index contributed by atoms with van der Waals surface area (Å²) in [5.74, 6) is -0.0884. The number of ketones is 1. The Morgan fingerprint density at radius 3 is 2.73 bits per heavy atom. The van der Waals surface area contributed by atoms with E-state index in [2.05, 4.69) is 4.98 Å². The lowest BCUT2D eigenvalue weighted by atomic mass is 10.2. The SMILES string of the molecule is CC(=O)c1ccc(C#N)cn1. The first kappa shape index (κ1) is 7.42. The molecule has 0 aliphatic carbocycles. The predicted molar refractivity (Wildman–Crippen MR) is 39.0 cm³/mol. The molecule has 1 aromatic heterocycles. The van der Waals surface area contributed by atoms with Gasteiger partial charge in [-0.1, -0.05) is 0 Å². The largest absolute Gasteiger partial charge is 0.293 e. The van der Waals surface area contributed by atoms with Crippen LogP contribution >= 0.6 is 0 Å². The average Bonchev–Trinajstić information content (AvgIpc) is 2.05. The van der Waals surface area contributed by atoms with Crippen molar-refractivity contribution in [3.63, 3.8) is 0 Å². The molecule has 1 aromatic rings. The summed E-state index contributed by atoms with van der Waals surface area (Å²) >= 11 is 0. The van der Waals surface area contributed by atoms with Crippen LogP contribution < -0.4 is 0 Å². The van der Waals surface area contributed by atoms with Crippen LogP contribution in [0.25, 0.3) is 0 Å². The molecule has 0 spiro atoms. The molecule has 11 heavy (non-hydrogen) atoms. The van der Waals surface area contributed by atoms with Crippen molar-refractivity contribution >= 4 is 5.78 Å². The van der Waals surface area contributed by atoms with Crippen LogP contribution in [-0.2, 0) is 0 Å². The van der Waals surface area contributed by atoms with Crippen molar-refractivity contribution in [2.24, 2.45) is 0 Å². The zero-order chi connectivity index (χ0) is 8.27. The fourth-order valence-corrected chi connectivity index (χ4v) is 0.668. The third-order valence-corrected chi connectivity index (χ3v) is 1.25. The van der Waals surface area contributed by atoms with Gasteiger partial charge in [-0.25, -0.2) is 0 Å². The fraction of sp³-hybridized carbons (Fsp3) is 0.125. The van der Waals surface area contributed by atoms with Crippen LogP contribution in [0, 0.1) is 11.3 Å². The molecule has 0 aromatic carbocycles. The van der Waals surface area contributed by atoms with Gasteiger partial charge in [-0.2, -0.15) is 5.26 Å². The predicted octanol–water partition coefficient (Wildman–Crippen LogP) is 1.16. The molecular weight excluding hydrogens is 140 g/mol. The maximum atomic E-state index is 10.7. The van der Waals surface area contributed by atoms with Gasteiger partial charge in [0.1, 0.15) is 11.8 Å². The van der Waals surface area contributed by atoms with E-state index in [9.17, 15) is 4.79 Å². The number of nitriles is 1. The minimum absolute atomic E-state index is 0.0884. The second-order valence-electron chi connectivity index (χ2n) is 2.10. The summed E-state index contributed by atoms with van der Waals surface area (Å²) in [6, 6.07) is 5.03. The second kappa shape index (κ2) is 2.93. The molecule has 0 saturated heterocycles. The van der Waals surface area contributed by atoms with Gasteiger partial charge >= 0.3 is 0 Å². The first-order valence-electron chi connectivity index (χ1n) is 3.11. The molecule has 0 aliphatic rings. The van der Waals surface area contributed by atoms with Gasteiger partial charge in [-0.05, 0) is 12.1 Å². The lowest BCUT2D eigenvalue weighted by molar-refractivity contribution is 0.101. The van der Waals surface area contributed by atoms with Crippen molar-refractivity contribution in [1.29, 1.82) is 5.26 Å². The number of aromatic nitrogens is 1. The summed E-state index contributed by atoms with van der Waals surface area (Å²) in [6.45, 7) is 1.44. The monoisotopic (exact) mass is 146 g/mol. The third-order valence-electron chi connectivity index (χ3n) is 1.25. The van der Waals surface area contributed by atoms with Gasteiger partial charge < -0.3 is 0 Å². The topological polar surface area (TPSA) is 53.8 Å². The molecular formula is C8H6N2O. The summed E-state index contributed by atoms with van der Waals surface area (Å²) in [5.41, 5.74) is 0.860. The maximum Gasteiger partial charge on any atom is 0.178 e. The van der Waals surface area contributed by atoms with Gasteiger partial charge in [0, 0.05) is 13.1 Å². The van der Waals surface area contributed by atoms with E-state index >= 15 is 0 Å². The molecule has 0 fully saturated rings. The molecule has 3 nitrogen and oxygen atoms in total. The number of pyridine rings is 1. The van der Waals surface area contributed by atoms with Crippen molar-refractivity contribution in [2.75, 3.05) is 0 Å². The third kappa shape index (κ3) is 1.62. The number of nitrogens with zero attached hydrogens (tertiary/aromatic N) is 2. The number of carbonyl (C=O) groups is 1. The van der Waals surface area contributed by atoms with Crippen LogP contribution in [0.5, 0.6) is 0 Å². The Bertz CT molecular complexity index is 308. The maximum absolute atomic E-state index is 10.7. The molecule has 0 bridgehead atoms. The Morgan fingerprint density at radius 2 is 2.36 bits per heavy atom. The smallest absolute Gasteiger partial charge is 0.178 e. The average molecular weight is 146 g/mol. The number of hydrogen-bond donors (Lipinski definition) is 0. The van der Waals surface area contributed by atoms with Gasteiger partial charge in [0.05, 0.1) is 5.56 Å². The Hall–Kier alpha value is -1.69. The van der Waals surface area contributed by atoms with E-state index in [1.54, 1.807) is 12.1 Å². The quantitative estimate of drug-likeness (QED) is 0.558. The highest BCUT2D eigenvalue weighted by Crippen LogP contribution is 1.98. The van der Waals surface area contributed by atoms with Gasteiger partial charge in [-0.15, -0.1) is 0 Å². The van der Waals surface area contributed by atoms with Gasteiger partial charge in [0.2, 0.25) is 0 Å². The lowest BCUT2D eigenvalue weighted by Crippen LogP contribution is -1.95. The van der Waals surface area contributed by atoms with E-state index in [0.717, 1.165) is 0 Å². The van der Waals surface area contributed by atoms with Gasteiger partial charge in [0.25, 0.3) is 0 Å². The van der Waals surface area contributed by atoms with Gasteiger partial charge in [0.15, 0.2) is 5.78 Å². The molecule has 0 aliphatic heterocycles. The highest BCUT2D eigenvalue weighted by atomic mass is 16.1. The standard InChI is InChI=1S/C8H6N2O/c1-6(11)8-3-2-7(4-9)5-10-8/h2-3,5H,1H3. The van der Waals surface area contributed by atoms with Crippen LogP contribution in [0.15, 0.2) is 18.3 Å². The van der Waals surface area contributed by atoms with E-state index < -0.39 is 0 Å². The Kier molecular flexibility index (Phi) is 1.98. The van der Waals surface area contributed by atoms with Crippen molar-refractivity contribution in [1.82, 2.24) is 4.98 Å². The number of hydrogen-bond acceptors (Lipinski definition) is 3. The molecule has 0 radical (unpaired) electrons. The van der Waals surface area contributed by atoms with E-state index in [-0.39, 0.29) is 5.78 Å². The van der Waals surface area contributed by atoms with Crippen molar-refractivity contribution in [3.8, 4) is 6.07 Å². The fourth-order valence-electron chi connectivity index (χ4n) is 0.668. The highest BCUT2D eigenvalue weighted by Gasteiger charge is 1.98. The normalized spacial score (nSPS) is 8.73. The van der Waals surface area contributed by atoms with E-state index in [0.29, 0.717) is 11.3 Å². The van der Waals surface area contributed by atoms with Gasteiger partial charge in [-0.3, -0.25) is 9.78 Å². The minimum atomic E-state index is -0.0884. The molecule has 0 amide bonds. The molecule has 3 heteroatoms. The summed E-state index contributed by atoms with van der Waals surface area (Å²) in [4.78, 5) is 14.5. The zero-order valence-electron chi connectivity index (χ0n) is 6.03. The molecule has 0 N–H and O–H groups in total. The molecule has 0 atom stereocenters. The summed E-state index contributed by atoms with van der Waals surface area (Å²) in [7, 11) is 0. The number of rotatable bonds is 1. The van der Waals surface area contributed by atoms with E-state index in [4.69, 9.17) is 5.26 Å². The number of carbonyl (C=O) groups excluding carboxylic acids is 1. The molecule has 0 saturated carbocycles. The molecule has 1 rings (SSSR count). The summed E-state index contributed by atoms with van der Waals surface area (Å²) in [5, 5.41) is 8.39. The number of Topliss-reactive ketones (excluding diaryl/α,β-unsaturated/α-hetero) is 1. The van der Waals surface area contributed by atoms with Crippen LogP contribution in [-0.4, -0.2) is 10.8 Å². The Balaban J connectivity index is 3.03. The lowest BCUT2D eigenvalue weighted by Gasteiger charge is -1.91. The van der Waals surface area contributed by atoms with Crippen molar-refractivity contribution < 1.29 is 4.79 Å². The summed E-state index contributed by atoms with van der Waals surface area (Å²) < 4.78 is 0. The Labute approximate surface area is 64.3 Å². The van der Waals surface area contributed by atoms with Crippen LogP contribution in [0.3, 0.4) is 0 Å². The zero-order valence-corrected chi connectivity index (χ0v) is 6.03. The summed E-state index contributed by atoms with van der Waals surface area (Å²) in [6.07, 6.45) is 1.39. The molecule has 0 unspecified atom stereocenters. The van der Waals surface area contributed by atoms with Crippen LogP contribution in [0.4, 0.5) is 0 Å². The molecule has 54 valence electrons. The van der Waals surface area contributed by atoms with E-state index in [1.165, 1.54) is 13.1 Å². The minimum Gasteiger partial charge on any atom is -0.293 e. The Morgan fingerprint density at radius 1 is 1.64 bits per heavy atom. The van der Waals surface area contributed by atoms with Crippen molar-refractivity contribution in [2.45, 2.75) is 6.92 Å².